The number of carbonyl (C=O) groups excluding carboxylic acids is 2. The van der Waals surface area contributed by atoms with Gasteiger partial charge >= 0.3 is 0 Å². The molecule has 3 heterocycles. The van der Waals surface area contributed by atoms with Crippen LogP contribution in [0.1, 0.15) is 23.6 Å². The van der Waals surface area contributed by atoms with Crippen LogP contribution >= 0.6 is 0 Å². The molecule has 0 bridgehead atoms. The summed E-state index contributed by atoms with van der Waals surface area (Å²) in [6.45, 7) is 3.23. The molecule has 1 atom stereocenters. The van der Waals surface area contributed by atoms with E-state index in [1.807, 2.05) is 33.7 Å². The van der Waals surface area contributed by atoms with Crippen LogP contribution in [0.3, 0.4) is 0 Å². The fraction of sp³-hybridized carbons (Fsp3) is 0.524. The number of benzene rings is 1. The number of nitrogens with one attached hydrogen (secondary N) is 1. The molecule has 1 aromatic carbocycles. The quantitative estimate of drug-likeness (QED) is 0.743. The molecule has 9 nitrogen and oxygen atoms in total. The molecule has 1 fully saturated rings. The molecular formula is C21H27N5O4. The number of carbonyl (C=O) groups is 2. The van der Waals surface area contributed by atoms with Crippen molar-refractivity contribution in [2.45, 2.75) is 32.4 Å². The zero-order valence-corrected chi connectivity index (χ0v) is 17.2. The largest absolute Gasteiger partial charge is 0.496 e. The predicted octanol–water partition coefficient (Wildman–Crippen LogP) is 0.567. The molecule has 9 heteroatoms. The number of hydrogen-bond acceptors (Lipinski definition) is 6. The smallest absolute Gasteiger partial charge is 0.227 e. The average molecular weight is 413 g/mol. The molecule has 1 saturated heterocycles. The van der Waals surface area contributed by atoms with Crippen molar-refractivity contribution in [1.29, 1.82) is 0 Å². The van der Waals surface area contributed by atoms with Crippen molar-refractivity contribution >= 4 is 11.8 Å². The summed E-state index contributed by atoms with van der Waals surface area (Å²) in [5.74, 6) is 2.26. The lowest BCUT2D eigenvalue weighted by Crippen LogP contribution is -2.35. The molecule has 1 N–H and O–H groups in total. The van der Waals surface area contributed by atoms with Crippen molar-refractivity contribution < 1.29 is 19.1 Å². The first-order valence-corrected chi connectivity index (χ1v) is 10.3. The number of amides is 2. The second-order valence-electron chi connectivity index (χ2n) is 7.58. The Bertz CT molecular complexity index is 907. The Morgan fingerprint density at radius 3 is 2.90 bits per heavy atom. The van der Waals surface area contributed by atoms with Crippen molar-refractivity contribution in [3.8, 4) is 5.75 Å². The van der Waals surface area contributed by atoms with E-state index in [1.165, 1.54) is 0 Å². The van der Waals surface area contributed by atoms with Gasteiger partial charge in [0.05, 0.1) is 32.6 Å². The molecule has 2 aromatic rings. The summed E-state index contributed by atoms with van der Waals surface area (Å²) < 4.78 is 12.6. The van der Waals surface area contributed by atoms with Gasteiger partial charge < -0.3 is 24.3 Å². The van der Waals surface area contributed by atoms with Crippen LogP contribution in [-0.2, 0) is 40.3 Å². The number of hydrogen-bond donors (Lipinski definition) is 1. The Kier molecular flexibility index (Phi) is 6.27. The minimum absolute atomic E-state index is 0.00733. The molecule has 1 aromatic heterocycles. The van der Waals surface area contributed by atoms with Crippen molar-refractivity contribution in [2.75, 3.05) is 33.4 Å². The maximum atomic E-state index is 12.9. The van der Waals surface area contributed by atoms with Gasteiger partial charge in [-0.2, -0.15) is 0 Å². The first kappa shape index (κ1) is 20.3. The Labute approximate surface area is 175 Å². The highest BCUT2D eigenvalue weighted by molar-refractivity contribution is 5.79. The van der Waals surface area contributed by atoms with Gasteiger partial charge in [-0.1, -0.05) is 18.2 Å². The van der Waals surface area contributed by atoms with Crippen molar-refractivity contribution in [1.82, 2.24) is 25.0 Å². The summed E-state index contributed by atoms with van der Waals surface area (Å²) in [6, 6.07) is 7.59. The van der Waals surface area contributed by atoms with Crippen LogP contribution in [-0.4, -0.2) is 64.9 Å². The summed E-state index contributed by atoms with van der Waals surface area (Å²) >= 11 is 0. The maximum absolute atomic E-state index is 12.9. The third kappa shape index (κ3) is 4.46. The SMILES string of the molecule is COc1ccccc1CC(=O)N1CCc2nnc(CNC(=O)[C@H]3CCOC3)n2CC1. The van der Waals surface area contributed by atoms with Crippen LogP contribution in [0.15, 0.2) is 24.3 Å². The maximum Gasteiger partial charge on any atom is 0.227 e. The van der Waals surface area contributed by atoms with Gasteiger partial charge in [0, 0.05) is 38.2 Å². The van der Waals surface area contributed by atoms with Crippen LogP contribution in [0.4, 0.5) is 0 Å². The van der Waals surface area contributed by atoms with E-state index in [4.69, 9.17) is 9.47 Å². The normalized spacial score (nSPS) is 18.6. The van der Waals surface area contributed by atoms with Crippen LogP contribution in [0.5, 0.6) is 5.75 Å². The van der Waals surface area contributed by atoms with E-state index in [0.717, 1.165) is 29.4 Å². The number of aromatic nitrogens is 3. The van der Waals surface area contributed by atoms with Crippen molar-refractivity contribution in [3.05, 3.63) is 41.5 Å². The van der Waals surface area contributed by atoms with E-state index in [-0.39, 0.29) is 17.7 Å². The third-order valence-corrected chi connectivity index (χ3v) is 5.71. The first-order chi connectivity index (χ1) is 14.7. The molecule has 0 spiro atoms. The highest BCUT2D eigenvalue weighted by Gasteiger charge is 2.25. The molecule has 2 aliphatic rings. The van der Waals surface area contributed by atoms with E-state index in [2.05, 4.69) is 15.5 Å². The molecule has 0 saturated carbocycles. The molecule has 0 radical (unpaired) electrons. The third-order valence-electron chi connectivity index (χ3n) is 5.71. The highest BCUT2D eigenvalue weighted by Crippen LogP contribution is 2.19. The molecule has 4 rings (SSSR count). The molecule has 2 aliphatic heterocycles. The van der Waals surface area contributed by atoms with Crippen molar-refractivity contribution in [2.24, 2.45) is 5.92 Å². The van der Waals surface area contributed by atoms with Crippen molar-refractivity contribution in [3.63, 3.8) is 0 Å². The van der Waals surface area contributed by atoms with Crippen LogP contribution in [0.25, 0.3) is 0 Å². The number of ether oxygens (including phenoxy) is 2. The lowest BCUT2D eigenvalue weighted by Gasteiger charge is -2.21. The second-order valence-corrected chi connectivity index (χ2v) is 7.58. The molecular weight excluding hydrogens is 386 g/mol. The topological polar surface area (TPSA) is 98.6 Å². The zero-order valence-electron chi connectivity index (χ0n) is 17.2. The monoisotopic (exact) mass is 413 g/mol. The molecule has 0 aliphatic carbocycles. The summed E-state index contributed by atoms with van der Waals surface area (Å²) in [4.78, 5) is 27.0. The predicted molar refractivity (Wildman–Crippen MR) is 108 cm³/mol. The van der Waals surface area contributed by atoms with Crippen LogP contribution in [0.2, 0.25) is 0 Å². The van der Waals surface area contributed by atoms with Gasteiger partial charge in [0.2, 0.25) is 11.8 Å². The first-order valence-electron chi connectivity index (χ1n) is 10.3. The number of methoxy groups -OCH3 is 1. The van der Waals surface area contributed by atoms with Gasteiger partial charge in [-0.05, 0) is 12.5 Å². The van der Waals surface area contributed by atoms with Gasteiger partial charge in [-0.15, -0.1) is 10.2 Å². The van der Waals surface area contributed by atoms with E-state index >= 15 is 0 Å². The number of fused-ring (bicyclic) bond motifs is 1. The van der Waals surface area contributed by atoms with E-state index in [9.17, 15) is 9.59 Å². The number of nitrogens with zero attached hydrogens (tertiary/aromatic N) is 4. The number of rotatable bonds is 6. The van der Waals surface area contributed by atoms with Gasteiger partial charge in [-0.3, -0.25) is 9.59 Å². The lowest BCUT2D eigenvalue weighted by molar-refractivity contribution is -0.130. The van der Waals surface area contributed by atoms with Crippen LogP contribution in [0, 0.1) is 5.92 Å². The standard InChI is InChI=1S/C21H27N5O4/c1-29-17-5-3-2-4-15(17)12-20(27)25-8-6-18-23-24-19(26(18)10-9-25)13-22-21(28)16-7-11-30-14-16/h2-5,16H,6-14H2,1H3,(H,22,28)/t16-/m0/s1. The second kappa shape index (κ2) is 9.25. The average Bonchev–Trinajstić information content (AvgIpc) is 3.38. The highest BCUT2D eigenvalue weighted by atomic mass is 16.5. The zero-order chi connectivity index (χ0) is 20.9. The summed E-state index contributed by atoms with van der Waals surface area (Å²) in [7, 11) is 1.61. The van der Waals surface area contributed by atoms with Gasteiger partial charge in [0.15, 0.2) is 5.82 Å². The Balaban J connectivity index is 1.35. The van der Waals surface area contributed by atoms with Gasteiger partial charge in [-0.25, -0.2) is 0 Å². The molecule has 0 unspecified atom stereocenters. The number of para-hydroxylation sites is 1. The summed E-state index contributed by atoms with van der Waals surface area (Å²) in [5, 5.41) is 11.5. The molecule has 30 heavy (non-hydrogen) atoms. The summed E-state index contributed by atoms with van der Waals surface area (Å²) in [5.41, 5.74) is 0.882. The minimum atomic E-state index is -0.0837. The molecule has 2 amide bonds. The summed E-state index contributed by atoms with van der Waals surface area (Å²) in [6.07, 6.45) is 1.69. The fourth-order valence-electron chi connectivity index (χ4n) is 3.94. The fourth-order valence-corrected chi connectivity index (χ4v) is 3.94. The Morgan fingerprint density at radius 1 is 1.23 bits per heavy atom. The Morgan fingerprint density at radius 2 is 2.10 bits per heavy atom. The van der Waals surface area contributed by atoms with E-state index in [0.29, 0.717) is 52.2 Å². The lowest BCUT2D eigenvalue weighted by atomic mass is 10.1. The minimum Gasteiger partial charge on any atom is -0.496 e. The van der Waals surface area contributed by atoms with Crippen LogP contribution < -0.4 is 10.1 Å². The van der Waals surface area contributed by atoms with Gasteiger partial charge in [0.1, 0.15) is 11.6 Å². The molecule has 160 valence electrons. The van der Waals surface area contributed by atoms with E-state index in [1.54, 1.807) is 7.11 Å². The van der Waals surface area contributed by atoms with Gasteiger partial charge in [0.25, 0.3) is 0 Å². The van der Waals surface area contributed by atoms with E-state index < -0.39 is 0 Å². The Hall–Kier alpha value is -2.94.